The number of unbranched alkanes of at least 4 members (excludes halogenated alkanes) is 1. The van der Waals surface area contributed by atoms with Crippen LogP contribution >= 0.6 is 0 Å². The number of rotatable bonds is 4. The zero-order valence-corrected chi connectivity index (χ0v) is 16.0. The summed E-state index contributed by atoms with van der Waals surface area (Å²) >= 11 is 0. The second kappa shape index (κ2) is 7.72. The van der Waals surface area contributed by atoms with Crippen molar-refractivity contribution >= 4 is 10.8 Å². The fraction of sp³-hybridized carbons (Fsp3) is 0.320. The van der Waals surface area contributed by atoms with Gasteiger partial charge in [0.1, 0.15) is 12.3 Å². The van der Waals surface area contributed by atoms with Crippen molar-refractivity contribution < 1.29 is 8.78 Å². The molecule has 28 heavy (non-hydrogen) atoms. The number of nitrogens with zero attached hydrogens (tertiary/aromatic N) is 1. The smallest absolute Gasteiger partial charge is 0.131 e. The van der Waals surface area contributed by atoms with E-state index in [-0.39, 0.29) is 6.42 Å². The van der Waals surface area contributed by atoms with Crippen LogP contribution in [0.3, 0.4) is 0 Å². The van der Waals surface area contributed by atoms with E-state index < -0.39 is 18.3 Å². The van der Waals surface area contributed by atoms with Gasteiger partial charge in [-0.3, -0.25) is 0 Å². The van der Waals surface area contributed by atoms with Crippen LogP contribution in [0.25, 0.3) is 21.9 Å². The maximum Gasteiger partial charge on any atom is 0.131 e. The molecule has 0 spiro atoms. The third kappa shape index (κ3) is 3.29. The number of hydrogen-bond donors (Lipinski definition) is 0. The molecule has 0 radical (unpaired) electrons. The number of alkyl halides is 2. The molecular weight excluding hydrogens is 352 g/mol. The van der Waals surface area contributed by atoms with E-state index in [1.807, 2.05) is 36.4 Å². The zero-order valence-electron chi connectivity index (χ0n) is 16.0. The monoisotopic (exact) mass is 375 g/mol. The number of nitriles is 1. The molecule has 3 heteroatoms. The summed E-state index contributed by atoms with van der Waals surface area (Å²) < 4.78 is 29.9. The molecule has 0 heterocycles. The van der Waals surface area contributed by atoms with E-state index in [0.717, 1.165) is 40.3 Å². The second-order valence-corrected chi connectivity index (χ2v) is 7.69. The fourth-order valence-corrected chi connectivity index (χ4v) is 4.34. The Hall–Kier alpha value is -2.73. The van der Waals surface area contributed by atoms with Gasteiger partial charge in [-0.05, 0) is 57.6 Å². The van der Waals surface area contributed by atoms with Gasteiger partial charge in [0.15, 0.2) is 0 Å². The van der Waals surface area contributed by atoms with Crippen molar-refractivity contribution in [2.24, 2.45) is 5.92 Å². The van der Waals surface area contributed by atoms with Crippen molar-refractivity contribution in [3.05, 3.63) is 71.3 Å². The third-order valence-electron chi connectivity index (χ3n) is 5.94. The molecule has 0 N–H and O–H groups in total. The van der Waals surface area contributed by atoms with E-state index in [1.54, 1.807) is 12.1 Å². The molecule has 3 aromatic rings. The Kier molecular flexibility index (Phi) is 5.13. The number of benzene rings is 3. The SMILES string of the molecule is CCCCC1C(F)Cc2c(ccc3cc(-c4ccc(C#N)cc4)ccc23)C1F. The normalized spacial score (nSPS) is 21.3. The van der Waals surface area contributed by atoms with Gasteiger partial charge in [0.05, 0.1) is 11.6 Å². The van der Waals surface area contributed by atoms with Crippen LogP contribution in [-0.4, -0.2) is 6.17 Å². The maximum absolute atomic E-state index is 15.1. The molecule has 142 valence electrons. The minimum Gasteiger partial charge on any atom is -0.247 e. The molecule has 3 aromatic carbocycles. The van der Waals surface area contributed by atoms with Gasteiger partial charge in [-0.1, -0.05) is 56.2 Å². The van der Waals surface area contributed by atoms with E-state index >= 15 is 4.39 Å². The van der Waals surface area contributed by atoms with Crippen LogP contribution in [0, 0.1) is 17.2 Å². The number of hydrogen-bond acceptors (Lipinski definition) is 1. The van der Waals surface area contributed by atoms with Crippen LogP contribution in [0.5, 0.6) is 0 Å². The summed E-state index contributed by atoms with van der Waals surface area (Å²) in [5.41, 5.74) is 4.15. The summed E-state index contributed by atoms with van der Waals surface area (Å²) in [6.07, 6.45) is 0.359. The first-order valence-electron chi connectivity index (χ1n) is 9.96. The molecule has 0 bridgehead atoms. The van der Waals surface area contributed by atoms with E-state index in [4.69, 9.17) is 5.26 Å². The second-order valence-electron chi connectivity index (χ2n) is 7.69. The lowest BCUT2D eigenvalue weighted by atomic mass is 9.77. The maximum atomic E-state index is 15.1. The van der Waals surface area contributed by atoms with Gasteiger partial charge in [-0.2, -0.15) is 5.26 Å². The molecule has 0 saturated heterocycles. The van der Waals surface area contributed by atoms with Crippen LogP contribution in [0.15, 0.2) is 54.6 Å². The minimum atomic E-state index is -1.23. The van der Waals surface area contributed by atoms with Crippen LogP contribution < -0.4 is 0 Å². The summed E-state index contributed by atoms with van der Waals surface area (Å²) in [6.45, 7) is 2.05. The molecule has 1 aliphatic carbocycles. The lowest BCUT2D eigenvalue weighted by Crippen LogP contribution is -2.29. The Morgan fingerprint density at radius 2 is 1.75 bits per heavy atom. The largest absolute Gasteiger partial charge is 0.247 e. The standard InChI is InChI=1S/C25H23F2N/c1-2-3-4-22-24(26)14-23-20-11-9-18(17-7-5-16(15-28)6-8-17)13-19(20)10-12-21(23)25(22)27/h5-13,22,24-25H,2-4,14H2,1H3. The Bertz CT molecular complexity index is 1030. The first-order chi connectivity index (χ1) is 13.6. The molecule has 3 atom stereocenters. The quantitative estimate of drug-likeness (QED) is 0.477. The fourth-order valence-electron chi connectivity index (χ4n) is 4.34. The molecule has 4 rings (SSSR count). The third-order valence-corrected chi connectivity index (χ3v) is 5.94. The zero-order chi connectivity index (χ0) is 19.7. The molecule has 0 fully saturated rings. The molecule has 0 saturated carbocycles. The topological polar surface area (TPSA) is 23.8 Å². The predicted octanol–water partition coefficient (Wildman–Crippen LogP) is 7.09. The van der Waals surface area contributed by atoms with Crippen LogP contribution in [0.4, 0.5) is 8.78 Å². The molecule has 3 unspecified atom stereocenters. The average Bonchev–Trinajstić information content (AvgIpc) is 2.73. The summed E-state index contributed by atoms with van der Waals surface area (Å²) in [5.74, 6) is -0.525. The van der Waals surface area contributed by atoms with Crippen LogP contribution in [-0.2, 0) is 6.42 Å². The Labute approximate surface area is 164 Å². The summed E-state index contributed by atoms with van der Waals surface area (Å²) in [4.78, 5) is 0. The van der Waals surface area contributed by atoms with Gasteiger partial charge in [-0.15, -0.1) is 0 Å². The van der Waals surface area contributed by atoms with Crippen LogP contribution in [0.2, 0.25) is 0 Å². The van der Waals surface area contributed by atoms with Gasteiger partial charge < -0.3 is 0 Å². The van der Waals surface area contributed by atoms with E-state index in [0.29, 0.717) is 17.5 Å². The summed E-state index contributed by atoms with van der Waals surface area (Å²) in [7, 11) is 0. The first-order valence-corrected chi connectivity index (χ1v) is 9.96. The Balaban J connectivity index is 1.72. The predicted molar refractivity (Wildman–Crippen MR) is 110 cm³/mol. The molecule has 0 aromatic heterocycles. The minimum absolute atomic E-state index is 0.289. The Morgan fingerprint density at radius 3 is 2.46 bits per heavy atom. The molecule has 0 aliphatic heterocycles. The van der Waals surface area contributed by atoms with E-state index in [9.17, 15) is 4.39 Å². The van der Waals surface area contributed by atoms with Gasteiger partial charge in [0.25, 0.3) is 0 Å². The number of fused-ring (bicyclic) bond motifs is 3. The van der Waals surface area contributed by atoms with Crippen LogP contribution in [0.1, 0.15) is 49.0 Å². The highest BCUT2D eigenvalue weighted by Crippen LogP contribution is 2.44. The first kappa shape index (κ1) is 18.6. The van der Waals surface area contributed by atoms with Crippen molar-refractivity contribution in [1.29, 1.82) is 5.26 Å². The molecule has 1 nitrogen and oxygen atoms in total. The van der Waals surface area contributed by atoms with Gasteiger partial charge in [-0.25, -0.2) is 8.78 Å². The lowest BCUT2D eigenvalue weighted by molar-refractivity contribution is 0.101. The van der Waals surface area contributed by atoms with Crippen molar-refractivity contribution in [1.82, 2.24) is 0 Å². The van der Waals surface area contributed by atoms with Gasteiger partial charge in [0, 0.05) is 12.3 Å². The highest BCUT2D eigenvalue weighted by molar-refractivity contribution is 5.91. The van der Waals surface area contributed by atoms with Crippen molar-refractivity contribution in [2.75, 3.05) is 0 Å². The molecular formula is C25H23F2N. The van der Waals surface area contributed by atoms with Gasteiger partial charge in [0.2, 0.25) is 0 Å². The highest BCUT2D eigenvalue weighted by Gasteiger charge is 2.37. The lowest BCUT2D eigenvalue weighted by Gasteiger charge is -2.32. The van der Waals surface area contributed by atoms with Crippen molar-refractivity contribution in [2.45, 2.75) is 45.0 Å². The molecule has 1 aliphatic rings. The summed E-state index contributed by atoms with van der Waals surface area (Å²) in [6, 6.07) is 19.4. The van der Waals surface area contributed by atoms with E-state index in [1.165, 1.54) is 0 Å². The van der Waals surface area contributed by atoms with Gasteiger partial charge >= 0.3 is 0 Å². The van der Waals surface area contributed by atoms with Crippen molar-refractivity contribution in [3.8, 4) is 17.2 Å². The molecule has 0 amide bonds. The Morgan fingerprint density at radius 1 is 1.00 bits per heavy atom. The highest BCUT2D eigenvalue weighted by atomic mass is 19.1. The van der Waals surface area contributed by atoms with Crippen molar-refractivity contribution in [3.63, 3.8) is 0 Å². The number of halogens is 2. The van der Waals surface area contributed by atoms with E-state index in [2.05, 4.69) is 19.1 Å². The average molecular weight is 375 g/mol. The summed E-state index contributed by atoms with van der Waals surface area (Å²) in [5, 5.41) is 10.9.